The van der Waals surface area contributed by atoms with E-state index in [2.05, 4.69) is 16.8 Å². The molecule has 2 heterocycles. The predicted molar refractivity (Wildman–Crippen MR) is 91.8 cm³/mol. The summed E-state index contributed by atoms with van der Waals surface area (Å²) in [6.45, 7) is 5.98. The summed E-state index contributed by atoms with van der Waals surface area (Å²) in [6.07, 6.45) is 5.69. The number of fused-ring (bicyclic) bond motifs is 1. The molecular weight excluding hydrogens is 310 g/mol. The van der Waals surface area contributed by atoms with E-state index in [0.29, 0.717) is 18.0 Å². The summed E-state index contributed by atoms with van der Waals surface area (Å²) >= 11 is 0. The molecule has 6 heteroatoms. The van der Waals surface area contributed by atoms with E-state index in [-0.39, 0.29) is 0 Å². The van der Waals surface area contributed by atoms with Crippen LogP contribution in [-0.4, -0.2) is 55.3 Å². The van der Waals surface area contributed by atoms with Crippen molar-refractivity contribution in [2.45, 2.75) is 24.7 Å². The van der Waals surface area contributed by atoms with Gasteiger partial charge in [0.2, 0.25) is 10.0 Å². The minimum atomic E-state index is -3.45. The molecule has 0 radical (unpaired) electrons. The van der Waals surface area contributed by atoms with Gasteiger partial charge in [0, 0.05) is 49.3 Å². The summed E-state index contributed by atoms with van der Waals surface area (Å²) in [5.74, 6) is 0. The molecule has 0 bridgehead atoms. The second-order valence-electron chi connectivity index (χ2n) is 5.95. The average Bonchev–Trinajstić information content (AvgIpc) is 2.59. The van der Waals surface area contributed by atoms with Gasteiger partial charge in [-0.3, -0.25) is 4.98 Å². The van der Waals surface area contributed by atoms with E-state index in [1.54, 1.807) is 34.9 Å². The van der Waals surface area contributed by atoms with Gasteiger partial charge in [0.05, 0.1) is 4.90 Å². The average molecular weight is 333 g/mol. The van der Waals surface area contributed by atoms with Crippen LogP contribution >= 0.6 is 0 Å². The second-order valence-corrected chi connectivity index (χ2v) is 7.86. The number of piperazine rings is 1. The molecule has 0 amide bonds. The molecule has 3 rings (SSSR count). The van der Waals surface area contributed by atoms with Crippen LogP contribution in [0, 0.1) is 0 Å². The molecule has 0 spiro atoms. The molecule has 124 valence electrons. The van der Waals surface area contributed by atoms with E-state index in [1.165, 1.54) is 12.8 Å². The third kappa shape index (κ3) is 3.39. The van der Waals surface area contributed by atoms with Gasteiger partial charge in [0.25, 0.3) is 0 Å². The Morgan fingerprint density at radius 2 is 1.91 bits per heavy atom. The maximum absolute atomic E-state index is 13.0. The Morgan fingerprint density at radius 1 is 1.13 bits per heavy atom. The lowest BCUT2D eigenvalue weighted by molar-refractivity contribution is 0.186. The van der Waals surface area contributed by atoms with E-state index in [0.717, 1.165) is 30.4 Å². The Kier molecular flexibility index (Phi) is 4.94. The van der Waals surface area contributed by atoms with Crippen LogP contribution in [0.5, 0.6) is 0 Å². The normalized spacial score (nSPS) is 17.6. The molecule has 0 aliphatic carbocycles. The molecule has 0 N–H and O–H groups in total. The number of pyridine rings is 1. The first kappa shape index (κ1) is 16.4. The van der Waals surface area contributed by atoms with E-state index in [9.17, 15) is 8.42 Å². The number of rotatable bonds is 5. The largest absolute Gasteiger partial charge is 0.301 e. The van der Waals surface area contributed by atoms with Crippen LogP contribution in [0.3, 0.4) is 0 Å². The van der Waals surface area contributed by atoms with Crippen LogP contribution in [0.2, 0.25) is 0 Å². The van der Waals surface area contributed by atoms with Gasteiger partial charge in [-0.15, -0.1) is 0 Å². The maximum atomic E-state index is 13.0. The summed E-state index contributed by atoms with van der Waals surface area (Å²) in [7, 11) is -3.45. The fraction of sp³-hybridized carbons (Fsp3) is 0.471. The number of sulfonamides is 1. The number of unbranched alkanes of at least 4 members (excludes halogenated alkanes) is 1. The second kappa shape index (κ2) is 6.95. The lowest BCUT2D eigenvalue weighted by Gasteiger charge is -2.34. The highest BCUT2D eigenvalue weighted by Gasteiger charge is 2.29. The highest BCUT2D eigenvalue weighted by Crippen LogP contribution is 2.25. The zero-order valence-corrected chi connectivity index (χ0v) is 14.3. The minimum absolute atomic E-state index is 0.388. The van der Waals surface area contributed by atoms with Crippen molar-refractivity contribution in [3.8, 4) is 0 Å². The van der Waals surface area contributed by atoms with Gasteiger partial charge in [0.15, 0.2) is 0 Å². The number of hydrogen-bond acceptors (Lipinski definition) is 4. The van der Waals surface area contributed by atoms with Gasteiger partial charge in [-0.25, -0.2) is 8.42 Å². The topological polar surface area (TPSA) is 53.5 Å². The van der Waals surface area contributed by atoms with E-state index in [4.69, 9.17) is 0 Å². The minimum Gasteiger partial charge on any atom is -0.301 e. The lowest BCUT2D eigenvalue weighted by atomic mass is 10.2. The number of hydrogen-bond donors (Lipinski definition) is 0. The van der Waals surface area contributed by atoms with Crippen molar-refractivity contribution < 1.29 is 8.42 Å². The number of nitrogens with zero attached hydrogens (tertiary/aromatic N) is 3. The fourth-order valence-corrected chi connectivity index (χ4v) is 4.67. The van der Waals surface area contributed by atoms with Gasteiger partial charge in [0.1, 0.15) is 0 Å². The summed E-state index contributed by atoms with van der Waals surface area (Å²) in [5.41, 5.74) is 0. The molecule has 0 saturated carbocycles. The first-order valence-corrected chi connectivity index (χ1v) is 9.62. The molecule has 0 atom stereocenters. The van der Waals surface area contributed by atoms with Crippen LogP contribution in [0.4, 0.5) is 0 Å². The van der Waals surface area contributed by atoms with Crippen LogP contribution < -0.4 is 0 Å². The Hall–Kier alpha value is -1.50. The Balaban J connectivity index is 1.82. The molecule has 1 aliphatic heterocycles. The molecule has 23 heavy (non-hydrogen) atoms. The van der Waals surface area contributed by atoms with E-state index >= 15 is 0 Å². The van der Waals surface area contributed by atoms with Gasteiger partial charge in [-0.1, -0.05) is 25.5 Å². The van der Waals surface area contributed by atoms with Crippen LogP contribution in [0.25, 0.3) is 10.8 Å². The SMILES string of the molecule is CCCCN1CCN(S(=O)(=O)c2cccc3cnccc23)CC1. The summed E-state index contributed by atoms with van der Waals surface area (Å²) in [4.78, 5) is 6.81. The van der Waals surface area contributed by atoms with E-state index < -0.39 is 10.0 Å². The van der Waals surface area contributed by atoms with Gasteiger partial charge < -0.3 is 4.90 Å². The van der Waals surface area contributed by atoms with Crippen molar-refractivity contribution >= 4 is 20.8 Å². The summed E-state index contributed by atoms with van der Waals surface area (Å²) < 4.78 is 27.6. The quantitative estimate of drug-likeness (QED) is 0.843. The Bertz CT molecular complexity index is 763. The predicted octanol–water partition coefficient (Wildman–Crippen LogP) is 2.34. The van der Waals surface area contributed by atoms with Crippen LogP contribution in [-0.2, 0) is 10.0 Å². The summed E-state index contributed by atoms with van der Waals surface area (Å²) in [6, 6.07) is 7.15. The zero-order chi connectivity index (χ0) is 16.3. The van der Waals surface area contributed by atoms with Crippen molar-refractivity contribution in [1.82, 2.24) is 14.2 Å². The van der Waals surface area contributed by atoms with Crippen molar-refractivity contribution in [3.05, 3.63) is 36.7 Å². The lowest BCUT2D eigenvalue weighted by Crippen LogP contribution is -2.48. The summed E-state index contributed by atoms with van der Waals surface area (Å²) in [5, 5.41) is 1.60. The standard InChI is InChI=1S/C17H23N3O2S/c1-2-3-9-19-10-12-20(13-11-19)23(21,22)17-6-4-5-15-14-18-8-7-16(15)17/h4-8,14H,2-3,9-13H2,1H3. The third-order valence-corrected chi connectivity index (χ3v) is 6.37. The third-order valence-electron chi connectivity index (χ3n) is 4.42. The molecule has 1 aliphatic rings. The molecule has 1 saturated heterocycles. The van der Waals surface area contributed by atoms with E-state index in [1.807, 2.05) is 6.07 Å². The van der Waals surface area contributed by atoms with Crippen molar-refractivity contribution in [2.24, 2.45) is 0 Å². The van der Waals surface area contributed by atoms with Gasteiger partial charge in [-0.2, -0.15) is 4.31 Å². The van der Waals surface area contributed by atoms with Crippen molar-refractivity contribution in [2.75, 3.05) is 32.7 Å². The highest BCUT2D eigenvalue weighted by atomic mass is 32.2. The maximum Gasteiger partial charge on any atom is 0.243 e. The molecule has 1 fully saturated rings. The van der Waals surface area contributed by atoms with Crippen molar-refractivity contribution in [3.63, 3.8) is 0 Å². The van der Waals surface area contributed by atoms with Crippen LogP contribution in [0.1, 0.15) is 19.8 Å². The highest BCUT2D eigenvalue weighted by molar-refractivity contribution is 7.89. The smallest absolute Gasteiger partial charge is 0.243 e. The monoisotopic (exact) mass is 333 g/mol. The van der Waals surface area contributed by atoms with Gasteiger partial charge >= 0.3 is 0 Å². The Labute approximate surface area is 138 Å². The van der Waals surface area contributed by atoms with Gasteiger partial charge in [-0.05, 0) is 25.1 Å². The Morgan fingerprint density at radius 3 is 2.65 bits per heavy atom. The first-order chi connectivity index (χ1) is 11.1. The molecule has 5 nitrogen and oxygen atoms in total. The first-order valence-electron chi connectivity index (χ1n) is 8.18. The molecule has 1 aromatic carbocycles. The number of benzene rings is 1. The molecular formula is C17H23N3O2S. The molecule has 2 aromatic rings. The zero-order valence-electron chi connectivity index (χ0n) is 13.5. The molecule has 0 unspecified atom stereocenters. The number of aromatic nitrogens is 1. The molecule has 1 aromatic heterocycles. The van der Waals surface area contributed by atoms with Crippen LogP contribution in [0.15, 0.2) is 41.6 Å². The fourth-order valence-electron chi connectivity index (χ4n) is 3.03. The van der Waals surface area contributed by atoms with Crippen molar-refractivity contribution in [1.29, 1.82) is 0 Å².